The Hall–Kier alpha value is -0.220. The maximum atomic E-state index is 12.7. The molecule has 0 spiro atoms. The zero-order valence-electron chi connectivity index (χ0n) is 13.4. The molecule has 2 aliphatic heterocycles. The molecular weight excluding hydrogens is 326 g/mol. The van der Waals surface area contributed by atoms with Crippen LogP contribution in [0, 0.1) is 0 Å². The second-order valence-electron chi connectivity index (χ2n) is 6.23. The van der Waals surface area contributed by atoms with Crippen molar-refractivity contribution in [3.8, 4) is 0 Å². The summed E-state index contributed by atoms with van der Waals surface area (Å²) in [4.78, 5) is 0. The van der Waals surface area contributed by atoms with Gasteiger partial charge in [0.15, 0.2) is 0 Å². The Morgan fingerprint density at radius 3 is 1.73 bits per heavy atom. The van der Waals surface area contributed by atoms with Gasteiger partial charge in [0.25, 0.3) is 10.2 Å². The Kier molecular flexibility index (Phi) is 5.87. The quantitative estimate of drug-likeness (QED) is 0.736. The molecule has 22 heavy (non-hydrogen) atoms. The molecule has 7 nitrogen and oxygen atoms in total. The van der Waals surface area contributed by atoms with E-state index >= 15 is 0 Å². The van der Waals surface area contributed by atoms with Crippen LogP contribution in [0.15, 0.2) is 0 Å². The van der Waals surface area contributed by atoms with Crippen LogP contribution in [0.25, 0.3) is 0 Å². The van der Waals surface area contributed by atoms with E-state index in [0.717, 1.165) is 25.7 Å². The lowest BCUT2D eigenvalue weighted by atomic mass is 10.1. The maximum Gasteiger partial charge on any atom is 0.281 e. The van der Waals surface area contributed by atoms with Gasteiger partial charge >= 0.3 is 0 Å². The summed E-state index contributed by atoms with van der Waals surface area (Å²) in [5, 5.41) is 0. The van der Waals surface area contributed by atoms with E-state index in [4.69, 9.17) is 0 Å². The fourth-order valence-electron chi connectivity index (χ4n) is 3.14. The summed E-state index contributed by atoms with van der Waals surface area (Å²) in [5.41, 5.74) is 0. The van der Waals surface area contributed by atoms with Crippen LogP contribution >= 0.6 is 0 Å². The minimum absolute atomic E-state index is 0.106. The Labute approximate surface area is 134 Å². The van der Waals surface area contributed by atoms with Crippen molar-refractivity contribution in [2.45, 2.75) is 44.6 Å². The number of rotatable bonds is 4. The third-order valence-electron chi connectivity index (χ3n) is 4.68. The van der Waals surface area contributed by atoms with Crippen molar-refractivity contribution in [3.05, 3.63) is 0 Å². The van der Waals surface area contributed by atoms with Crippen molar-refractivity contribution in [1.82, 2.24) is 12.9 Å². The van der Waals surface area contributed by atoms with Gasteiger partial charge in [-0.2, -0.15) is 17.0 Å². The summed E-state index contributed by atoms with van der Waals surface area (Å²) >= 11 is 0. The van der Waals surface area contributed by atoms with Gasteiger partial charge in [0.05, 0.1) is 6.26 Å². The third-order valence-corrected chi connectivity index (χ3v) is 8.06. The van der Waals surface area contributed by atoms with Crippen LogP contribution in [0.5, 0.6) is 0 Å². The highest BCUT2D eigenvalue weighted by Gasteiger charge is 2.35. The van der Waals surface area contributed by atoms with Crippen LogP contribution in [-0.2, 0) is 20.2 Å². The second-order valence-corrected chi connectivity index (χ2v) is 10.2. The molecule has 0 atom stereocenters. The average molecular weight is 354 g/mol. The first kappa shape index (κ1) is 18.1. The van der Waals surface area contributed by atoms with Gasteiger partial charge in [0.1, 0.15) is 0 Å². The van der Waals surface area contributed by atoms with Crippen LogP contribution in [-0.4, -0.2) is 75.3 Å². The van der Waals surface area contributed by atoms with E-state index in [9.17, 15) is 16.8 Å². The zero-order chi connectivity index (χ0) is 16.4. The van der Waals surface area contributed by atoms with Crippen LogP contribution in [0.1, 0.15) is 38.5 Å². The topological polar surface area (TPSA) is 78.0 Å². The molecule has 9 heteroatoms. The van der Waals surface area contributed by atoms with E-state index in [1.54, 1.807) is 11.4 Å². The number of sulfonamides is 1. The summed E-state index contributed by atoms with van der Waals surface area (Å²) in [6.07, 6.45) is 6.32. The molecule has 0 aromatic heterocycles. The molecule has 130 valence electrons. The van der Waals surface area contributed by atoms with Gasteiger partial charge < -0.3 is 0 Å². The molecule has 0 aromatic carbocycles. The summed E-state index contributed by atoms with van der Waals surface area (Å²) in [5.74, 6) is 0. The van der Waals surface area contributed by atoms with Gasteiger partial charge in [-0.1, -0.05) is 12.8 Å². The monoisotopic (exact) mass is 353 g/mol. The predicted molar refractivity (Wildman–Crippen MR) is 86.2 cm³/mol. The van der Waals surface area contributed by atoms with Gasteiger partial charge in [0.2, 0.25) is 10.0 Å². The van der Waals surface area contributed by atoms with Gasteiger partial charge in [-0.15, -0.1) is 0 Å². The lowest BCUT2D eigenvalue weighted by Crippen LogP contribution is -2.51. The lowest BCUT2D eigenvalue weighted by molar-refractivity contribution is 0.227. The van der Waals surface area contributed by atoms with Crippen molar-refractivity contribution >= 4 is 20.2 Å². The third kappa shape index (κ3) is 4.19. The van der Waals surface area contributed by atoms with E-state index in [2.05, 4.69) is 0 Å². The Balaban J connectivity index is 1.98. The minimum Gasteiger partial charge on any atom is -0.213 e. The predicted octanol–water partition coefficient (Wildman–Crippen LogP) is 0.463. The summed E-state index contributed by atoms with van der Waals surface area (Å²) in [6.45, 7) is 1.99. The fourth-order valence-corrected chi connectivity index (χ4v) is 5.61. The molecule has 2 aliphatic rings. The van der Waals surface area contributed by atoms with E-state index in [1.807, 2.05) is 0 Å². The van der Waals surface area contributed by atoms with Gasteiger partial charge in [-0.3, -0.25) is 0 Å². The van der Waals surface area contributed by atoms with Crippen LogP contribution < -0.4 is 0 Å². The van der Waals surface area contributed by atoms with Crippen molar-refractivity contribution < 1.29 is 16.8 Å². The molecular formula is C13H27N3O4S2. The molecule has 2 fully saturated rings. The van der Waals surface area contributed by atoms with Gasteiger partial charge in [0, 0.05) is 39.3 Å². The zero-order valence-corrected chi connectivity index (χ0v) is 15.1. The first-order chi connectivity index (χ1) is 10.2. The summed E-state index contributed by atoms with van der Waals surface area (Å²) in [6, 6.07) is -0.106. The SMILES string of the molecule is CN(C1CCN(S(=O)(=O)N2CCCCCC2)CC1)S(C)(=O)=O. The highest BCUT2D eigenvalue weighted by atomic mass is 32.2. The van der Waals surface area contributed by atoms with Crippen molar-refractivity contribution in [2.75, 3.05) is 39.5 Å². The van der Waals surface area contributed by atoms with Crippen LogP contribution in [0.3, 0.4) is 0 Å². The van der Waals surface area contributed by atoms with Crippen LogP contribution in [0.2, 0.25) is 0 Å². The van der Waals surface area contributed by atoms with Crippen molar-refractivity contribution in [3.63, 3.8) is 0 Å². The smallest absolute Gasteiger partial charge is 0.213 e. The van der Waals surface area contributed by atoms with Crippen LogP contribution in [0.4, 0.5) is 0 Å². The molecule has 2 heterocycles. The largest absolute Gasteiger partial charge is 0.281 e. The fraction of sp³-hybridized carbons (Fsp3) is 1.00. The number of piperidine rings is 1. The molecule has 0 N–H and O–H groups in total. The molecule has 2 saturated heterocycles. The van der Waals surface area contributed by atoms with E-state index in [0.29, 0.717) is 39.0 Å². The van der Waals surface area contributed by atoms with Gasteiger partial charge in [-0.05, 0) is 25.7 Å². The molecule has 0 aliphatic carbocycles. The number of nitrogens with zero attached hydrogens (tertiary/aromatic N) is 3. The number of hydrogen-bond donors (Lipinski definition) is 0. The van der Waals surface area contributed by atoms with E-state index < -0.39 is 20.2 Å². The molecule has 2 rings (SSSR count). The number of hydrogen-bond acceptors (Lipinski definition) is 4. The Morgan fingerprint density at radius 2 is 1.27 bits per heavy atom. The first-order valence-electron chi connectivity index (χ1n) is 7.91. The first-order valence-corrected chi connectivity index (χ1v) is 11.2. The van der Waals surface area contributed by atoms with E-state index in [-0.39, 0.29) is 6.04 Å². The highest BCUT2D eigenvalue weighted by Crippen LogP contribution is 2.23. The molecule has 0 amide bonds. The van der Waals surface area contributed by atoms with Crippen molar-refractivity contribution in [2.24, 2.45) is 0 Å². The molecule has 0 aromatic rings. The van der Waals surface area contributed by atoms with Gasteiger partial charge in [-0.25, -0.2) is 12.7 Å². The Morgan fingerprint density at radius 1 is 0.818 bits per heavy atom. The minimum atomic E-state index is -3.39. The molecule has 0 unspecified atom stereocenters. The average Bonchev–Trinajstić information content (AvgIpc) is 2.75. The normalized spacial score (nSPS) is 24.5. The maximum absolute atomic E-state index is 12.7. The molecule has 0 bridgehead atoms. The second kappa shape index (κ2) is 7.12. The highest BCUT2D eigenvalue weighted by molar-refractivity contribution is 7.88. The lowest BCUT2D eigenvalue weighted by Gasteiger charge is -2.37. The molecule has 0 saturated carbocycles. The standard InChI is InChI=1S/C13H27N3O4S2/c1-14(21(2,17)18)13-7-11-16(12-8-13)22(19,20)15-9-5-3-4-6-10-15/h13H,3-12H2,1-2H3. The van der Waals surface area contributed by atoms with Crippen molar-refractivity contribution in [1.29, 1.82) is 0 Å². The molecule has 0 radical (unpaired) electrons. The van der Waals surface area contributed by atoms with E-state index in [1.165, 1.54) is 14.9 Å². The summed E-state index contributed by atoms with van der Waals surface area (Å²) in [7, 11) is -5.05. The Bertz CT molecular complexity index is 560. The summed E-state index contributed by atoms with van der Waals surface area (Å²) < 4.78 is 53.0.